The van der Waals surface area contributed by atoms with Gasteiger partial charge in [-0.25, -0.2) is 0 Å². The number of amides is 2. The van der Waals surface area contributed by atoms with Gasteiger partial charge in [0.05, 0.1) is 22.5 Å². The first-order chi connectivity index (χ1) is 15.5. The number of hydrogen-bond acceptors (Lipinski definition) is 6. The van der Waals surface area contributed by atoms with E-state index >= 15 is 0 Å². The van der Waals surface area contributed by atoms with Crippen LogP contribution < -0.4 is 9.77 Å². The van der Waals surface area contributed by atoms with Crippen LogP contribution in [0.4, 0.5) is 5.69 Å². The summed E-state index contributed by atoms with van der Waals surface area (Å²) in [7, 11) is 0. The number of thioether (sulfide) groups is 1. The molecular formula is C24H20N2O3S3. The van der Waals surface area contributed by atoms with Gasteiger partial charge in [-0.15, -0.1) is 23.1 Å². The fourth-order valence-corrected chi connectivity index (χ4v) is 10.6. The van der Waals surface area contributed by atoms with E-state index in [2.05, 4.69) is 22.5 Å². The molecule has 2 bridgehead atoms. The molecule has 7 rings (SSSR count). The number of fused-ring (bicyclic) bond motifs is 9. The fourth-order valence-electron chi connectivity index (χ4n) is 6.75. The van der Waals surface area contributed by atoms with Gasteiger partial charge in [0.2, 0.25) is 11.8 Å². The number of carbonyl (C=O) groups excluding carboxylic acids is 2. The summed E-state index contributed by atoms with van der Waals surface area (Å²) in [5.41, 5.74) is 1.79. The van der Waals surface area contributed by atoms with Crippen molar-refractivity contribution in [3.63, 3.8) is 0 Å². The molecule has 2 saturated carbocycles. The van der Waals surface area contributed by atoms with Gasteiger partial charge in [0, 0.05) is 20.9 Å². The van der Waals surface area contributed by atoms with Gasteiger partial charge in [0.1, 0.15) is 0 Å². The molecule has 162 valence electrons. The van der Waals surface area contributed by atoms with Crippen LogP contribution in [0.15, 0.2) is 51.6 Å². The topological polar surface area (TPSA) is 70.2 Å². The number of aromatic nitrogens is 1. The summed E-state index contributed by atoms with van der Waals surface area (Å²) in [4.78, 5) is 46.3. The first-order valence-corrected chi connectivity index (χ1v) is 13.5. The number of anilines is 1. The second-order valence-electron chi connectivity index (χ2n) is 9.32. The van der Waals surface area contributed by atoms with Crippen LogP contribution in [0.5, 0.6) is 0 Å². The molecule has 1 saturated heterocycles. The lowest BCUT2D eigenvalue weighted by molar-refractivity contribution is -0.123. The molecule has 2 aliphatic carbocycles. The van der Waals surface area contributed by atoms with Crippen molar-refractivity contribution in [2.24, 2.45) is 29.6 Å². The molecule has 0 unspecified atom stereocenters. The van der Waals surface area contributed by atoms with Gasteiger partial charge < -0.3 is 4.98 Å². The third-order valence-corrected chi connectivity index (χ3v) is 11.4. The summed E-state index contributed by atoms with van der Waals surface area (Å²) in [6, 6.07) is 11.9. The zero-order valence-corrected chi connectivity index (χ0v) is 19.6. The SMILES string of the molecule is Cc1ccc(N2C(=O)[C@@H]3[C@@H]4C[C@@H]([C@H]5Sc6[nH]c(=O)sc6[C@@H](c6cccs6)[C@H]45)[C@@H]3C2=O)cc1. The van der Waals surface area contributed by atoms with E-state index in [-0.39, 0.29) is 57.4 Å². The standard InChI is InChI=1S/C24H20N2O3S3/c1-10-4-6-11(7-5-10)26-22(27)16-12-9-13(17(16)23(26)28)19-15(12)18(14-3-2-8-30-14)20-21(31-19)25-24(29)32-20/h2-8,12-13,15-19H,9H2,1H3,(H,25,29)/t12-,13-,15+,16-,17+,18+,19-/m1/s1. The van der Waals surface area contributed by atoms with E-state index in [0.717, 1.165) is 21.9 Å². The van der Waals surface area contributed by atoms with Crippen molar-refractivity contribution in [3.8, 4) is 0 Å². The molecule has 1 N–H and O–H groups in total. The highest BCUT2D eigenvalue weighted by molar-refractivity contribution is 8.00. The van der Waals surface area contributed by atoms with Crippen molar-refractivity contribution < 1.29 is 9.59 Å². The molecule has 0 radical (unpaired) electrons. The Labute approximate surface area is 196 Å². The molecule has 7 atom stereocenters. The zero-order chi connectivity index (χ0) is 21.7. The number of nitrogens with one attached hydrogen (secondary N) is 1. The lowest BCUT2D eigenvalue weighted by Crippen LogP contribution is -2.42. The number of carbonyl (C=O) groups is 2. The van der Waals surface area contributed by atoms with Gasteiger partial charge in [-0.3, -0.25) is 19.3 Å². The Balaban J connectivity index is 1.32. The summed E-state index contributed by atoms with van der Waals surface area (Å²) >= 11 is 4.77. The highest BCUT2D eigenvalue weighted by Gasteiger charge is 2.69. The monoisotopic (exact) mass is 480 g/mol. The van der Waals surface area contributed by atoms with E-state index in [4.69, 9.17) is 0 Å². The number of nitrogens with zero attached hydrogens (tertiary/aromatic N) is 1. The van der Waals surface area contributed by atoms with Crippen LogP contribution in [0.25, 0.3) is 0 Å². The third-order valence-electron chi connectivity index (χ3n) is 7.87. The number of thiophene rings is 1. The highest BCUT2D eigenvalue weighted by Crippen LogP contribution is 2.68. The van der Waals surface area contributed by atoms with E-state index < -0.39 is 0 Å². The van der Waals surface area contributed by atoms with Gasteiger partial charge in [-0.2, -0.15) is 0 Å². The van der Waals surface area contributed by atoms with Gasteiger partial charge in [-0.1, -0.05) is 35.1 Å². The van der Waals surface area contributed by atoms with Crippen LogP contribution in [0, 0.1) is 36.5 Å². The Morgan fingerprint density at radius 1 is 1.00 bits per heavy atom. The van der Waals surface area contributed by atoms with E-state index in [0.29, 0.717) is 5.69 Å². The molecule has 4 heterocycles. The molecule has 2 aliphatic heterocycles. The van der Waals surface area contributed by atoms with Crippen LogP contribution in [0.2, 0.25) is 0 Å². The Kier molecular flexibility index (Phi) is 4.03. The van der Waals surface area contributed by atoms with E-state index in [1.807, 2.05) is 31.2 Å². The maximum absolute atomic E-state index is 13.6. The second-order valence-corrected chi connectivity index (χ2v) is 12.5. The Morgan fingerprint density at radius 3 is 2.47 bits per heavy atom. The van der Waals surface area contributed by atoms with Crippen molar-refractivity contribution in [1.82, 2.24) is 4.98 Å². The number of H-pyrrole nitrogens is 1. The van der Waals surface area contributed by atoms with Crippen molar-refractivity contribution in [2.45, 2.75) is 29.5 Å². The predicted octanol–water partition coefficient (Wildman–Crippen LogP) is 4.48. The van der Waals surface area contributed by atoms with Crippen molar-refractivity contribution in [3.05, 3.63) is 66.8 Å². The highest BCUT2D eigenvalue weighted by atomic mass is 32.2. The first-order valence-electron chi connectivity index (χ1n) is 10.9. The zero-order valence-electron chi connectivity index (χ0n) is 17.2. The molecule has 2 aromatic heterocycles. The van der Waals surface area contributed by atoms with Crippen LogP contribution >= 0.6 is 34.4 Å². The van der Waals surface area contributed by atoms with Crippen LogP contribution in [-0.4, -0.2) is 22.0 Å². The minimum atomic E-state index is -0.240. The molecule has 4 aliphatic rings. The number of imide groups is 1. The van der Waals surface area contributed by atoms with Crippen LogP contribution in [-0.2, 0) is 9.59 Å². The second kappa shape index (κ2) is 6.68. The van der Waals surface area contributed by atoms with Crippen molar-refractivity contribution in [2.75, 3.05) is 4.90 Å². The number of aromatic amines is 1. The van der Waals surface area contributed by atoms with E-state index in [9.17, 15) is 14.4 Å². The van der Waals surface area contributed by atoms with E-state index in [1.165, 1.54) is 21.1 Å². The van der Waals surface area contributed by atoms with Gasteiger partial charge in [0.15, 0.2) is 0 Å². The number of hydrogen-bond donors (Lipinski definition) is 1. The molecule has 3 fully saturated rings. The van der Waals surface area contributed by atoms with Crippen LogP contribution in [0.3, 0.4) is 0 Å². The fraction of sp³-hybridized carbons (Fsp3) is 0.375. The summed E-state index contributed by atoms with van der Waals surface area (Å²) in [6.07, 6.45) is 0.929. The van der Waals surface area contributed by atoms with Crippen molar-refractivity contribution in [1.29, 1.82) is 0 Å². The Bertz CT molecular complexity index is 1310. The molecule has 3 aromatic rings. The Morgan fingerprint density at radius 2 is 1.75 bits per heavy atom. The summed E-state index contributed by atoms with van der Waals surface area (Å²) in [5, 5.41) is 3.30. The van der Waals surface area contributed by atoms with Gasteiger partial charge in [-0.05, 0) is 54.7 Å². The molecular weight excluding hydrogens is 460 g/mol. The average molecular weight is 481 g/mol. The van der Waals surface area contributed by atoms with Crippen LogP contribution in [0.1, 0.15) is 27.7 Å². The number of rotatable bonds is 2. The molecule has 8 heteroatoms. The van der Waals surface area contributed by atoms with Gasteiger partial charge >= 0.3 is 4.87 Å². The largest absolute Gasteiger partial charge is 0.307 e. The normalized spacial score (nSPS) is 34.7. The predicted molar refractivity (Wildman–Crippen MR) is 126 cm³/mol. The maximum Gasteiger partial charge on any atom is 0.305 e. The van der Waals surface area contributed by atoms with E-state index in [1.54, 1.807) is 23.1 Å². The smallest absolute Gasteiger partial charge is 0.305 e. The molecule has 1 aromatic carbocycles. The summed E-state index contributed by atoms with van der Waals surface area (Å²) in [5.74, 6) is 0.211. The Hall–Kier alpha value is -2.16. The minimum absolute atomic E-state index is 0.0192. The molecule has 5 nitrogen and oxygen atoms in total. The lowest BCUT2D eigenvalue weighted by atomic mass is 9.69. The summed E-state index contributed by atoms with van der Waals surface area (Å²) < 4.78 is 0. The first kappa shape index (κ1) is 19.3. The molecule has 2 amide bonds. The van der Waals surface area contributed by atoms with Crippen molar-refractivity contribution >= 4 is 51.9 Å². The number of thiazole rings is 1. The molecule has 0 spiro atoms. The third kappa shape index (κ3) is 2.43. The number of benzene rings is 1. The number of aryl methyl sites for hydroxylation is 1. The summed E-state index contributed by atoms with van der Waals surface area (Å²) in [6.45, 7) is 2.00. The lowest BCUT2D eigenvalue weighted by Gasteiger charge is -2.42. The molecule has 32 heavy (non-hydrogen) atoms. The van der Waals surface area contributed by atoms with Gasteiger partial charge in [0.25, 0.3) is 0 Å². The quantitative estimate of drug-likeness (QED) is 0.549. The minimum Gasteiger partial charge on any atom is -0.307 e. The maximum atomic E-state index is 13.6. The average Bonchev–Trinajstić information content (AvgIpc) is 3.57.